The van der Waals surface area contributed by atoms with Crippen molar-refractivity contribution in [3.8, 4) is 0 Å². The fourth-order valence-corrected chi connectivity index (χ4v) is 3.13. The Labute approximate surface area is 131 Å². The Morgan fingerprint density at radius 3 is 2.18 bits per heavy atom. The van der Waals surface area contributed by atoms with Crippen LogP contribution in [0.2, 0.25) is 0 Å². The van der Waals surface area contributed by atoms with E-state index in [9.17, 15) is 14.9 Å². The van der Waals surface area contributed by atoms with Crippen LogP contribution in [0.4, 0.5) is 0 Å². The first kappa shape index (κ1) is 18.8. The van der Waals surface area contributed by atoms with Gasteiger partial charge in [-0.15, -0.1) is 0 Å². The number of carbonyl (C=O) groups is 1. The first-order valence-electron chi connectivity index (χ1n) is 8.05. The van der Waals surface area contributed by atoms with Gasteiger partial charge in [-0.2, -0.15) is 0 Å². The van der Waals surface area contributed by atoms with E-state index in [0.717, 1.165) is 0 Å². The summed E-state index contributed by atoms with van der Waals surface area (Å²) in [5.74, 6) is -0.937. The number of esters is 1. The normalized spacial score (nSPS) is 21.8. The summed E-state index contributed by atoms with van der Waals surface area (Å²) in [4.78, 5) is 22.3. The molecule has 22 heavy (non-hydrogen) atoms. The third-order valence-electron chi connectivity index (χ3n) is 4.18. The van der Waals surface area contributed by atoms with Gasteiger partial charge >= 0.3 is 5.97 Å². The van der Waals surface area contributed by atoms with Gasteiger partial charge in [-0.3, -0.25) is 14.9 Å². The summed E-state index contributed by atoms with van der Waals surface area (Å²) in [5, 5.41) is 10.9. The second-order valence-corrected chi connectivity index (χ2v) is 5.58. The molecule has 0 N–H and O–H groups in total. The Bertz CT molecular complexity index is 368. The van der Waals surface area contributed by atoms with E-state index in [0.29, 0.717) is 45.5 Å². The standard InChI is InChI=1S/C13H21NO6.C2H6/c1-2-18-11(15)9-12(10-14(16)17)3-5-13(6-4-12)19-7-8-20-13;1-2/h2-10H2,1H3;1-2H3. The highest BCUT2D eigenvalue weighted by atomic mass is 16.7. The number of hydrogen-bond donors (Lipinski definition) is 0. The highest BCUT2D eigenvalue weighted by Crippen LogP contribution is 2.46. The third-order valence-corrected chi connectivity index (χ3v) is 4.18. The fourth-order valence-electron chi connectivity index (χ4n) is 3.13. The molecule has 2 aliphatic rings. The van der Waals surface area contributed by atoms with E-state index in [1.165, 1.54) is 0 Å². The first-order chi connectivity index (χ1) is 10.5. The molecule has 0 bridgehead atoms. The number of nitro groups is 1. The smallest absolute Gasteiger partial charge is 0.306 e. The number of ether oxygens (including phenoxy) is 3. The van der Waals surface area contributed by atoms with Crippen LogP contribution < -0.4 is 0 Å². The molecule has 1 spiro atoms. The van der Waals surface area contributed by atoms with Gasteiger partial charge in [0.2, 0.25) is 6.54 Å². The molecule has 0 aromatic carbocycles. The summed E-state index contributed by atoms with van der Waals surface area (Å²) in [6.07, 6.45) is 2.39. The average Bonchev–Trinajstić information content (AvgIpc) is 2.93. The van der Waals surface area contributed by atoms with Gasteiger partial charge in [0.1, 0.15) is 0 Å². The van der Waals surface area contributed by atoms with Crippen molar-refractivity contribution in [3.05, 3.63) is 10.1 Å². The Hall–Kier alpha value is -1.21. The molecule has 0 amide bonds. The maximum atomic E-state index is 11.7. The predicted molar refractivity (Wildman–Crippen MR) is 80.0 cm³/mol. The van der Waals surface area contributed by atoms with Crippen LogP contribution in [-0.2, 0) is 19.0 Å². The lowest BCUT2D eigenvalue weighted by Crippen LogP contribution is -2.44. The highest BCUT2D eigenvalue weighted by molar-refractivity contribution is 5.70. The van der Waals surface area contributed by atoms with Crippen LogP contribution in [0.15, 0.2) is 0 Å². The molecule has 1 saturated heterocycles. The Balaban J connectivity index is 0.00000116. The van der Waals surface area contributed by atoms with Gasteiger partial charge in [0, 0.05) is 23.2 Å². The molecule has 0 aromatic heterocycles. The first-order valence-corrected chi connectivity index (χ1v) is 8.05. The van der Waals surface area contributed by atoms with Gasteiger partial charge in [0.05, 0.1) is 26.2 Å². The molecule has 128 valence electrons. The molecule has 2 rings (SSSR count). The molecular formula is C15H27NO6. The quantitative estimate of drug-likeness (QED) is 0.440. The van der Waals surface area contributed by atoms with Crippen molar-refractivity contribution in [2.75, 3.05) is 26.4 Å². The summed E-state index contributed by atoms with van der Waals surface area (Å²) >= 11 is 0. The molecule has 7 heteroatoms. The number of carbonyl (C=O) groups excluding carboxylic acids is 1. The molecule has 7 nitrogen and oxygen atoms in total. The van der Waals surface area contributed by atoms with Crippen molar-refractivity contribution in [2.45, 2.75) is 58.7 Å². The summed E-state index contributed by atoms with van der Waals surface area (Å²) in [6.45, 7) is 6.96. The Morgan fingerprint density at radius 1 is 1.18 bits per heavy atom. The lowest BCUT2D eigenvalue weighted by molar-refractivity contribution is -0.500. The minimum Gasteiger partial charge on any atom is -0.466 e. The Kier molecular flexibility index (Phi) is 7.22. The highest BCUT2D eigenvalue weighted by Gasteiger charge is 2.49. The van der Waals surface area contributed by atoms with E-state index in [1.54, 1.807) is 6.92 Å². The second-order valence-electron chi connectivity index (χ2n) is 5.58. The lowest BCUT2D eigenvalue weighted by atomic mass is 9.70. The van der Waals surface area contributed by atoms with E-state index >= 15 is 0 Å². The lowest BCUT2D eigenvalue weighted by Gasteiger charge is -2.40. The molecule has 1 aliphatic carbocycles. The van der Waals surface area contributed by atoms with Crippen LogP contribution in [0.1, 0.15) is 52.9 Å². The summed E-state index contributed by atoms with van der Waals surface area (Å²) in [5.41, 5.74) is -0.629. The third kappa shape index (κ3) is 4.91. The van der Waals surface area contributed by atoms with E-state index in [4.69, 9.17) is 14.2 Å². The zero-order chi connectivity index (χ0) is 16.6. The molecule has 1 saturated carbocycles. The van der Waals surface area contributed by atoms with E-state index < -0.39 is 11.2 Å². The van der Waals surface area contributed by atoms with Crippen molar-refractivity contribution >= 4 is 5.97 Å². The molecule has 0 radical (unpaired) electrons. The van der Waals surface area contributed by atoms with Crippen LogP contribution in [0.3, 0.4) is 0 Å². The van der Waals surface area contributed by atoms with Crippen LogP contribution in [0.5, 0.6) is 0 Å². The van der Waals surface area contributed by atoms with Crippen LogP contribution in [0, 0.1) is 15.5 Å². The van der Waals surface area contributed by atoms with Crippen molar-refractivity contribution < 1.29 is 23.9 Å². The SMILES string of the molecule is CC.CCOC(=O)CC1(C[N+](=O)[O-])CCC2(CC1)OCCO2. The van der Waals surface area contributed by atoms with Crippen LogP contribution in [-0.4, -0.2) is 43.0 Å². The minimum atomic E-state index is -0.629. The number of rotatable bonds is 5. The van der Waals surface area contributed by atoms with Gasteiger partial charge in [-0.25, -0.2) is 0 Å². The zero-order valence-electron chi connectivity index (χ0n) is 13.8. The second kappa shape index (κ2) is 8.43. The molecule has 0 unspecified atom stereocenters. The van der Waals surface area contributed by atoms with Gasteiger partial charge in [0.15, 0.2) is 5.79 Å². The van der Waals surface area contributed by atoms with Crippen molar-refractivity contribution in [1.82, 2.24) is 0 Å². The average molecular weight is 317 g/mol. The largest absolute Gasteiger partial charge is 0.466 e. The maximum Gasteiger partial charge on any atom is 0.306 e. The number of nitrogens with zero attached hydrogens (tertiary/aromatic N) is 1. The molecule has 1 aliphatic heterocycles. The van der Waals surface area contributed by atoms with Crippen molar-refractivity contribution in [2.24, 2.45) is 5.41 Å². The monoisotopic (exact) mass is 317 g/mol. The molecular weight excluding hydrogens is 290 g/mol. The van der Waals surface area contributed by atoms with Gasteiger partial charge in [-0.05, 0) is 19.8 Å². The topological polar surface area (TPSA) is 87.9 Å². The molecule has 0 aromatic rings. The van der Waals surface area contributed by atoms with E-state index in [-0.39, 0.29) is 23.9 Å². The van der Waals surface area contributed by atoms with Gasteiger partial charge in [-0.1, -0.05) is 13.8 Å². The maximum absolute atomic E-state index is 11.7. The zero-order valence-corrected chi connectivity index (χ0v) is 13.8. The van der Waals surface area contributed by atoms with Crippen molar-refractivity contribution in [3.63, 3.8) is 0 Å². The predicted octanol–water partition coefficient (Wildman–Crippen LogP) is 2.55. The van der Waals surface area contributed by atoms with Gasteiger partial charge < -0.3 is 14.2 Å². The van der Waals surface area contributed by atoms with E-state index in [2.05, 4.69) is 0 Å². The van der Waals surface area contributed by atoms with Crippen molar-refractivity contribution in [1.29, 1.82) is 0 Å². The number of hydrogen-bond acceptors (Lipinski definition) is 6. The molecule has 0 atom stereocenters. The summed E-state index contributed by atoms with van der Waals surface area (Å²) < 4.78 is 16.2. The van der Waals surface area contributed by atoms with Gasteiger partial charge in [0.25, 0.3) is 0 Å². The minimum absolute atomic E-state index is 0.0951. The van der Waals surface area contributed by atoms with Crippen LogP contribution in [0.25, 0.3) is 0 Å². The summed E-state index contributed by atoms with van der Waals surface area (Å²) in [7, 11) is 0. The molecule has 2 fully saturated rings. The Morgan fingerprint density at radius 2 is 1.73 bits per heavy atom. The van der Waals surface area contributed by atoms with E-state index in [1.807, 2.05) is 13.8 Å². The van der Waals surface area contributed by atoms with Crippen LogP contribution >= 0.6 is 0 Å². The fraction of sp³-hybridized carbons (Fsp3) is 0.933. The summed E-state index contributed by atoms with van der Waals surface area (Å²) in [6, 6.07) is 0. The molecule has 1 heterocycles.